The van der Waals surface area contributed by atoms with Gasteiger partial charge in [-0.2, -0.15) is 0 Å². The van der Waals surface area contributed by atoms with Gasteiger partial charge in [0.1, 0.15) is 0 Å². The maximum absolute atomic E-state index is 10.7. The van der Waals surface area contributed by atoms with Crippen LogP contribution in [-0.4, -0.2) is 35.0 Å². The van der Waals surface area contributed by atoms with Crippen molar-refractivity contribution in [3.8, 4) is 11.5 Å². The Morgan fingerprint density at radius 2 is 1.84 bits per heavy atom. The molecular formula is C20H25O5+. The molecule has 3 N–H and O–H groups in total. The number of phenolic OH excluding ortho intramolecular Hbond substituents is 1. The number of methoxy groups -OCH3 is 2. The third-order valence-electron chi connectivity index (χ3n) is 4.53. The van der Waals surface area contributed by atoms with Crippen molar-refractivity contribution in [2.75, 3.05) is 14.2 Å². The first-order valence-electron chi connectivity index (χ1n) is 8.14. The van der Waals surface area contributed by atoms with Crippen LogP contribution in [0, 0.1) is 11.8 Å². The summed E-state index contributed by atoms with van der Waals surface area (Å²) in [4.78, 5) is 9.68. The third-order valence-corrected chi connectivity index (χ3v) is 4.53. The first-order valence-corrected chi connectivity index (χ1v) is 8.14. The molecule has 1 aromatic carbocycles. The summed E-state index contributed by atoms with van der Waals surface area (Å²) in [7, 11) is 2.98. The van der Waals surface area contributed by atoms with Crippen molar-refractivity contribution in [1.82, 2.24) is 0 Å². The number of hydrogen-bond donors (Lipinski definition) is 2. The molecule has 1 aliphatic rings. The highest BCUT2D eigenvalue weighted by Crippen LogP contribution is 2.34. The highest BCUT2D eigenvalue weighted by Gasteiger charge is 2.23. The maximum Gasteiger partial charge on any atom is 0.381 e. The van der Waals surface area contributed by atoms with Crippen molar-refractivity contribution in [3.05, 3.63) is 59.4 Å². The zero-order valence-corrected chi connectivity index (χ0v) is 14.9. The second kappa shape index (κ2) is 8.03. The number of hydrogen-bond acceptors (Lipinski definition) is 4. The topological polar surface area (TPSA) is 80.3 Å². The predicted molar refractivity (Wildman–Crippen MR) is 97.2 cm³/mol. The van der Waals surface area contributed by atoms with Gasteiger partial charge in [0.05, 0.1) is 20.3 Å². The summed E-state index contributed by atoms with van der Waals surface area (Å²) in [5.74, 6) is 0.873. The largest absolute Gasteiger partial charge is 0.504 e. The van der Waals surface area contributed by atoms with Gasteiger partial charge in [0.25, 0.3) is 0 Å². The Balaban J connectivity index is 2.18. The highest BCUT2D eigenvalue weighted by molar-refractivity contribution is 6.05. The molecule has 0 unspecified atom stereocenters. The van der Waals surface area contributed by atoms with Crippen LogP contribution in [0.25, 0.3) is 0 Å². The number of phenols is 1. The Bertz CT molecular complexity index is 730. The van der Waals surface area contributed by atoms with Crippen LogP contribution in [0.2, 0.25) is 0 Å². The fourth-order valence-corrected chi connectivity index (χ4v) is 2.72. The van der Waals surface area contributed by atoms with Gasteiger partial charge < -0.3 is 19.7 Å². The van der Waals surface area contributed by atoms with Gasteiger partial charge >= 0.3 is 5.78 Å². The minimum atomic E-state index is -0.709. The zero-order chi connectivity index (χ0) is 18.6. The van der Waals surface area contributed by atoms with Gasteiger partial charge in [-0.25, -0.2) is 0 Å². The van der Waals surface area contributed by atoms with E-state index in [1.807, 2.05) is 19.9 Å². The van der Waals surface area contributed by atoms with Crippen LogP contribution in [0.4, 0.5) is 0 Å². The van der Waals surface area contributed by atoms with Crippen LogP contribution in [0.1, 0.15) is 25.5 Å². The van der Waals surface area contributed by atoms with Crippen LogP contribution in [0.15, 0.2) is 53.8 Å². The molecule has 0 heterocycles. The van der Waals surface area contributed by atoms with Crippen molar-refractivity contribution in [1.29, 1.82) is 0 Å². The lowest BCUT2D eigenvalue weighted by Crippen LogP contribution is -2.16. The molecule has 1 aliphatic carbocycles. The summed E-state index contributed by atoms with van der Waals surface area (Å²) in [6.45, 7) is 3.98. The number of ether oxygens (including phenoxy) is 2. The van der Waals surface area contributed by atoms with Crippen molar-refractivity contribution in [2.24, 2.45) is 11.8 Å². The van der Waals surface area contributed by atoms with Crippen molar-refractivity contribution in [3.63, 3.8) is 0 Å². The summed E-state index contributed by atoms with van der Waals surface area (Å²) in [5, 5.41) is 20.4. The second-order valence-corrected chi connectivity index (χ2v) is 6.19. The average molecular weight is 345 g/mol. The second-order valence-electron chi connectivity index (χ2n) is 6.19. The molecule has 0 spiro atoms. The summed E-state index contributed by atoms with van der Waals surface area (Å²) in [6.07, 6.45) is 6.46. The lowest BCUT2D eigenvalue weighted by atomic mass is 9.85. The van der Waals surface area contributed by atoms with Gasteiger partial charge in [-0.1, -0.05) is 26.0 Å². The molecule has 5 heteroatoms. The van der Waals surface area contributed by atoms with Crippen LogP contribution < -0.4 is 4.74 Å². The van der Waals surface area contributed by atoms with E-state index in [0.717, 1.165) is 5.57 Å². The number of aromatic hydroxyl groups is 1. The summed E-state index contributed by atoms with van der Waals surface area (Å²) >= 11 is 0. The molecule has 0 aromatic heterocycles. The van der Waals surface area contributed by atoms with Crippen LogP contribution in [0.3, 0.4) is 0 Å². The highest BCUT2D eigenvalue weighted by atomic mass is 16.5. The Labute approximate surface area is 147 Å². The minimum absolute atomic E-state index is 0.0434. The van der Waals surface area contributed by atoms with E-state index in [1.165, 1.54) is 20.3 Å². The number of carbonyl (C=O) groups excluding carboxylic acids is 1. The third kappa shape index (κ3) is 4.31. The number of allylic oxidation sites excluding steroid dienone is 5. The van der Waals surface area contributed by atoms with Gasteiger partial charge in [0.15, 0.2) is 11.5 Å². The molecule has 0 saturated carbocycles. The predicted octanol–water partition coefficient (Wildman–Crippen LogP) is 3.28. The molecule has 0 saturated heterocycles. The van der Waals surface area contributed by atoms with Gasteiger partial charge in [-0.3, -0.25) is 4.79 Å². The Morgan fingerprint density at radius 1 is 1.12 bits per heavy atom. The standard InChI is InChI=1S/C20H24O5/c1-12(9-14-5-7-16(21)18(10-14)24-3)13(2)20(23)15-6-8-17(22)19(11-15)25-4/h5-13,20,22-23H,1-4H3/p+1/b14-9+/t12-,13-,20+/m0/s1. The quantitative estimate of drug-likeness (QED) is 0.776. The monoisotopic (exact) mass is 345 g/mol. The SMILES string of the molecule is COC1=C/C(=C/[C@H](C)[C@H](C)[C@@H](O)c2ccc(O)c(OC)c2)C=CC1=[OH+]. The van der Waals surface area contributed by atoms with Gasteiger partial charge in [-0.05, 0) is 47.3 Å². The number of ketones is 1. The maximum atomic E-state index is 10.7. The summed E-state index contributed by atoms with van der Waals surface area (Å²) in [5.41, 5.74) is 1.59. The van der Waals surface area contributed by atoms with E-state index < -0.39 is 6.10 Å². The summed E-state index contributed by atoms with van der Waals surface area (Å²) < 4.78 is 10.2. The molecule has 0 fully saturated rings. The Hall–Kier alpha value is -2.53. The van der Waals surface area contributed by atoms with Crippen LogP contribution in [0.5, 0.6) is 11.5 Å². The fraction of sp³-hybridized carbons (Fsp3) is 0.350. The number of benzene rings is 1. The molecule has 0 aliphatic heterocycles. The molecule has 0 amide bonds. The number of rotatable bonds is 6. The molecule has 0 bridgehead atoms. The van der Waals surface area contributed by atoms with Gasteiger partial charge in [-0.15, -0.1) is 0 Å². The van der Waals surface area contributed by atoms with Crippen LogP contribution in [-0.2, 0) is 4.74 Å². The lowest BCUT2D eigenvalue weighted by molar-refractivity contribution is 0.0983. The first kappa shape index (κ1) is 18.8. The normalized spacial score (nSPS) is 19.3. The van der Waals surface area contributed by atoms with E-state index in [2.05, 4.69) is 0 Å². The van der Waals surface area contributed by atoms with Crippen molar-refractivity contribution < 1.29 is 24.5 Å². The van der Waals surface area contributed by atoms with E-state index in [-0.39, 0.29) is 23.4 Å². The van der Waals surface area contributed by atoms with E-state index in [4.69, 9.17) is 9.47 Å². The Kier molecular flexibility index (Phi) is 6.04. The molecule has 134 valence electrons. The molecule has 25 heavy (non-hydrogen) atoms. The number of aliphatic hydroxyl groups is 1. The molecule has 3 atom stereocenters. The van der Waals surface area contributed by atoms with E-state index in [0.29, 0.717) is 17.1 Å². The van der Waals surface area contributed by atoms with E-state index in [9.17, 15) is 15.0 Å². The minimum Gasteiger partial charge on any atom is -0.504 e. The van der Waals surface area contributed by atoms with Gasteiger partial charge in [0.2, 0.25) is 5.76 Å². The molecule has 0 radical (unpaired) electrons. The number of aliphatic hydroxyl groups excluding tert-OH is 1. The van der Waals surface area contributed by atoms with Gasteiger partial charge in [0, 0.05) is 6.08 Å². The smallest absolute Gasteiger partial charge is 0.381 e. The first-order chi connectivity index (χ1) is 11.9. The zero-order valence-electron chi connectivity index (χ0n) is 14.9. The lowest BCUT2D eigenvalue weighted by Gasteiger charge is -2.24. The van der Waals surface area contributed by atoms with Crippen molar-refractivity contribution >= 4 is 5.78 Å². The summed E-state index contributed by atoms with van der Waals surface area (Å²) in [6, 6.07) is 4.85. The van der Waals surface area contributed by atoms with E-state index in [1.54, 1.807) is 30.4 Å². The van der Waals surface area contributed by atoms with Crippen molar-refractivity contribution in [2.45, 2.75) is 20.0 Å². The Morgan fingerprint density at radius 3 is 2.48 bits per heavy atom. The molecule has 5 nitrogen and oxygen atoms in total. The molecule has 1 aromatic rings. The fourth-order valence-electron chi connectivity index (χ4n) is 2.72. The molecular weight excluding hydrogens is 320 g/mol. The average Bonchev–Trinajstić information content (AvgIpc) is 2.62. The van der Waals surface area contributed by atoms with Crippen LogP contribution >= 0.6 is 0 Å². The molecule has 2 rings (SSSR count). The van der Waals surface area contributed by atoms with E-state index >= 15 is 0 Å².